The molecule has 1 fully saturated rings. The first-order valence-corrected chi connectivity index (χ1v) is 5.60. The Bertz CT molecular complexity index is 287. The molecule has 3 heteroatoms. The predicted molar refractivity (Wildman–Crippen MR) is 58.0 cm³/mol. The van der Waals surface area contributed by atoms with Gasteiger partial charge in [-0.3, -0.25) is 0 Å². The van der Waals surface area contributed by atoms with Crippen molar-refractivity contribution in [2.24, 2.45) is 7.05 Å². The summed E-state index contributed by atoms with van der Waals surface area (Å²) < 4.78 is 3.41. The van der Waals surface area contributed by atoms with Crippen LogP contribution in [0.25, 0.3) is 0 Å². The van der Waals surface area contributed by atoms with Crippen LogP contribution in [-0.2, 0) is 7.05 Å². The van der Waals surface area contributed by atoms with E-state index in [9.17, 15) is 0 Å². The van der Waals surface area contributed by atoms with Crippen molar-refractivity contribution in [3.63, 3.8) is 0 Å². The Hall–Kier alpha value is -0.280. The second-order valence-corrected chi connectivity index (χ2v) is 4.50. The van der Waals surface area contributed by atoms with Gasteiger partial charge in [-0.2, -0.15) is 0 Å². The Labute approximate surface area is 87.5 Å². The third-order valence-corrected chi connectivity index (χ3v) is 3.61. The molecule has 72 valence electrons. The Kier molecular flexibility index (Phi) is 2.74. The molecule has 2 rings (SSSR count). The summed E-state index contributed by atoms with van der Waals surface area (Å²) in [7, 11) is 2.12. The standard InChI is InChI=1S/C10H15BrN2/c1-13-9(4-5-10(13)11)8-3-2-6-12-7-8/h4-5,8,12H,2-3,6-7H2,1H3. The third kappa shape index (κ3) is 1.81. The summed E-state index contributed by atoms with van der Waals surface area (Å²) >= 11 is 3.53. The van der Waals surface area contributed by atoms with Gasteiger partial charge < -0.3 is 9.88 Å². The highest BCUT2D eigenvalue weighted by Gasteiger charge is 2.17. The normalized spacial score (nSPS) is 23.4. The van der Waals surface area contributed by atoms with E-state index in [1.807, 2.05) is 0 Å². The van der Waals surface area contributed by atoms with E-state index in [0.717, 1.165) is 6.54 Å². The quantitative estimate of drug-likeness (QED) is 0.800. The van der Waals surface area contributed by atoms with E-state index >= 15 is 0 Å². The SMILES string of the molecule is Cn1c(Br)ccc1C1CCCNC1. The maximum absolute atomic E-state index is 3.53. The number of hydrogen-bond donors (Lipinski definition) is 1. The fraction of sp³-hybridized carbons (Fsp3) is 0.600. The summed E-state index contributed by atoms with van der Waals surface area (Å²) in [5, 5.41) is 3.44. The van der Waals surface area contributed by atoms with Gasteiger partial charge in [0.15, 0.2) is 0 Å². The van der Waals surface area contributed by atoms with Crippen LogP contribution in [0.4, 0.5) is 0 Å². The Morgan fingerprint density at radius 1 is 1.54 bits per heavy atom. The number of halogens is 1. The first-order chi connectivity index (χ1) is 6.29. The zero-order valence-corrected chi connectivity index (χ0v) is 9.47. The zero-order chi connectivity index (χ0) is 9.26. The third-order valence-electron chi connectivity index (χ3n) is 2.81. The number of hydrogen-bond acceptors (Lipinski definition) is 1. The molecule has 1 aliphatic heterocycles. The van der Waals surface area contributed by atoms with E-state index in [0.29, 0.717) is 5.92 Å². The first-order valence-electron chi connectivity index (χ1n) is 4.81. The van der Waals surface area contributed by atoms with Gasteiger partial charge in [-0.05, 0) is 47.4 Å². The van der Waals surface area contributed by atoms with E-state index in [1.165, 1.54) is 29.7 Å². The summed E-state index contributed by atoms with van der Waals surface area (Å²) in [6.45, 7) is 2.31. The fourth-order valence-corrected chi connectivity index (χ4v) is 2.35. The van der Waals surface area contributed by atoms with Crippen molar-refractivity contribution in [2.75, 3.05) is 13.1 Å². The van der Waals surface area contributed by atoms with Crippen LogP contribution in [0.2, 0.25) is 0 Å². The molecule has 2 nitrogen and oxygen atoms in total. The van der Waals surface area contributed by atoms with Gasteiger partial charge in [0.05, 0.1) is 4.60 Å². The molecule has 0 amide bonds. The minimum absolute atomic E-state index is 0.699. The summed E-state index contributed by atoms with van der Waals surface area (Å²) in [6.07, 6.45) is 2.62. The molecule has 0 bridgehead atoms. The van der Waals surface area contributed by atoms with Gasteiger partial charge in [0.1, 0.15) is 0 Å². The molecule has 0 aromatic carbocycles. The number of nitrogens with zero attached hydrogens (tertiary/aromatic N) is 1. The molecule has 0 radical (unpaired) electrons. The Morgan fingerprint density at radius 2 is 2.38 bits per heavy atom. The largest absolute Gasteiger partial charge is 0.342 e. The molecule has 0 aliphatic carbocycles. The van der Waals surface area contributed by atoms with E-state index in [1.54, 1.807) is 0 Å². The first kappa shape index (κ1) is 9.28. The lowest BCUT2D eigenvalue weighted by atomic mass is 9.96. The second-order valence-electron chi connectivity index (χ2n) is 3.68. The van der Waals surface area contributed by atoms with Crippen LogP contribution in [0.5, 0.6) is 0 Å². The highest BCUT2D eigenvalue weighted by molar-refractivity contribution is 9.10. The zero-order valence-electron chi connectivity index (χ0n) is 7.89. The Morgan fingerprint density at radius 3 is 2.92 bits per heavy atom. The smallest absolute Gasteiger partial charge is 0.0846 e. The predicted octanol–water partition coefficient (Wildman–Crippen LogP) is 2.25. The minimum Gasteiger partial charge on any atom is -0.342 e. The lowest BCUT2D eigenvalue weighted by molar-refractivity contribution is 0.446. The number of aromatic nitrogens is 1. The van der Waals surface area contributed by atoms with Crippen molar-refractivity contribution in [3.8, 4) is 0 Å². The molecule has 0 spiro atoms. The van der Waals surface area contributed by atoms with Crippen molar-refractivity contribution in [1.29, 1.82) is 0 Å². The monoisotopic (exact) mass is 242 g/mol. The van der Waals surface area contributed by atoms with Crippen LogP contribution < -0.4 is 5.32 Å². The molecular formula is C10H15BrN2. The number of nitrogens with one attached hydrogen (secondary N) is 1. The summed E-state index contributed by atoms with van der Waals surface area (Å²) in [6, 6.07) is 4.35. The lowest BCUT2D eigenvalue weighted by Crippen LogP contribution is -2.29. The van der Waals surface area contributed by atoms with Gasteiger partial charge in [0.25, 0.3) is 0 Å². The lowest BCUT2D eigenvalue weighted by Gasteiger charge is -2.23. The average molecular weight is 243 g/mol. The van der Waals surface area contributed by atoms with Crippen LogP contribution in [0.15, 0.2) is 16.7 Å². The topological polar surface area (TPSA) is 17.0 Å². The maximum Gasteiger partial charge on any atom is 0.0846 e. The molecule has 1 aromatic rings. The molecule has 13 heavy (non-hydrogen) atoms. The van der Waals surface area contributed by atoms with Crippen molar-refractivity contribution in [3.05, 3.63) is 22.4 Å². The van der Waals surface area contributed by atoms with Gasteiger partial charge >= 0.3 is 0 Å². The number of piperidine rings is 1. The van der Waals surface area contributed by atoms with Crippen molar-refractivity contribution >= 4 is 15.9 Å². The molecule has 0 saturated carbocycles. The average Bonchev–Trinajstić information content (AvgIpc) is 2.49. The molecule has 1 atom stereocenters. The Balaban J connectivity index is 2.18. The van der Waals surface area contributed by atoms with Crippen LogP contribution in [0.3, 0.4) is 0 Å². The van der Waals surface area contributed by atoms with Gasteiger partial charge in [-0.15, -0.1) is 0 Å². The van der Waals surface area contributed by atoms with Gasteiger partial charge in [0, 0.05) is 25.2 Å². The van der Waals surface area contributed by atoms with Gasteiger partial charge in [0.2, 0.25) is 0 Å². The van der Waals surface area contributed by atoms with E-state index in [2.05, 4.69) is 45.0 Å². The van der Waals surface area contributed by atoms with E-state index in [4.69, 9.17) is 0 Å². The van der Waals surface area contributed by atoms with E-state index in [-0.39, 0.29) is 0 Å². The summed E-state index contributed by atoms with van der Waals surface area (Å²) in [5.41, 5.74) is 1.44. The highest BCUT2D eigenvalue weighted by atomic mass is 79.9. The number of rotatable bonds is 1. The van der Waals surface area contributed by atoms with Crippen LogP contribution in [0, 0.1) is 0 Å². The van der Waals surface area contributed by atoms with E-state index < -0.39 is 0 Å². The molecule has 2 heterocycles. The summed E-state index contributed by atoms with van der Waals surface area (Å²) in [4.78, 5) is 0. The summed E-state index contributed by atoms with van der Waals surface area (Å²) in [5.74, 6) is 0.699. The molecule has 1 aromatic heterocycles. The van der Waals surface area contributed by atoms with Crippen molar-refractivity contribution in [1.82, 2.24) is 9.88 Å². The van der Waals surface area contributed by atoms with Gasteiger partial charge in [-0.1, -0.05) is 0 Å². The minimum atomic E-state index is 0.699. The van der Waals surface area contributed by atoms with Crippen molar-refractivity contribution in [2.45, 2.75) is 18.8 Å². The molecule has 1 unspecified atom stereocenters. The second kappa shape index (κ2) is 3.84. The molecule has 1 aliphatic rings. The van der Waals surface area contributed by atoms with Crippen LogP contribution in [-0.4, -0.2) is 17.7 Å². The van der Waals surface area contributed by atoms with Crippen LogP contribution >= 0.6 is 15.9 Å². The van der Waals surface area contributed by atoms with Crippen molar-refractivity contribution < 1.29 is 0 Å². The van der Waals surface area contributed by atoms with Crippen LogP contribution in [0.1, 0.15) is 24.5 Å². The fourth-order valence-electron chi connectivity index (χ4n) is 2.02. The molecule has 1 N–H and O–H groups in total. The molecular weight excluding hydrogens is 228 g/mol. The molecule has 1 saturated heterocycles. The highest BCUT2D eigenvalue weighted by Crippen LogP contribution is 2.26. The van der Waals surface area contributed by atoms with Gasteiger partial charge in [-0.25, -0.2) is 0 Å². The maximum atomic E-state index is 3.53.